The highest BCUT2D eigenvalue weighted by atomic mass is 31.2. The van der Waals surface area contributed by atoms with Gasteiger partial charge in [0.1, 0.15) is 30.5 Å². The zero-order chi connectivity index (χ0) is 22.9. The van der Waals surface area contributed by atoms with Crippen LogP contribution in [0, 0.1) is 0 Å². The van der Waals surface area contributed by atoms with Gasteiger partial charge in [-0.1, -0.05) is 95.8 Å². The summed E-state index contributed by atoms with van der Waals surface area (Å²) in [7, 11) is -9.50. The molecule has 1 unspecified atom stereocenters. The van der Waals surface area contributed by atoms with E-state index < -0.39 is 40.5 Å². The van der Waals surface area contributed by atoms with Crippen molar-refractivity contribution in [3.63, 3.8) is 0 Å². The van der Waals surface area contributed by atoms with E-state index in [2.05, 4.69) is 106 Å². The molecule has 9 heteroatoms. The molecule has 1 rings (SSSR count). The van der Waals surface area contributed by atoms with E-state index in [9.17, 15) is 0 Å². The average Bonchev–Trinajstić information content (AvgIpc) is 2.40. The number of hydrogen-bond acceptors (Lipinski definition) is 2. The van der Waals surface area contributed by atoms with Crippen LogP contribution in [-0.4, -0.2) is 36.9 Å². The van der Waals surface area contributed by atoms with Crippen LogP contribution in [0.5, 0.6) is 0 Å². The molecule has 0 spiro atoms. The molecule has 0 radical (unpaired) electrons. The number of benzene rings is 1. The maximum Gasteiger partial charge on any atom is 0.247 e. The Morgan fingerprint density at radius 1 is 0.862 bits per heavy atom. The van der Waals surface area contributed by atoms with Crippen molar-refractivity contribution >= 4 is 46.3 Å². The third-order valence-corrected chi connectivity index (χ3v) is 23.9. The zero-order valence-corrected chi connectivity index (χ0v) is 25.7. The first-order valence-corrected chi connectivity index (χ1v) is 25.9. The summed E-state index contributed by atoms with van der Waals surface area (Å²) in [5.41, 5.74) is 1.03. The van der Waals surface area contributed by atoms with Gasteiger partial charge in [0.05, 0.1) is 0 Å². The largest absolute Gasteiger partial charge is 0.438 e. The molecule has 0 saturated heterocycles. The molecule has 1 aromatic carbocycles. The summed E-state index contributed by atoms with van der Waals surface area (Å²) >= 11 is 0. The zero-order valence-electron chi connectivity index (χ0n) is 20.8. The molecular weight excluding hydrogens is 442 g/mol. The maximum absolute atomic E-state index is 7.00. The number of hydrogen-bond donors (Lipinski definition) is 1. The van der Waals surface area contributed by atoms with Crippen molar-refractivity contribution < 1.29 is 4.52 Å². The molecule has 0 aliphatic rings. The van der Waals surface area contributed by atoms with E-state index in [0.717, 1.165) is 11.3 Å². The van der Waals surface area contributed by atoms with Gasteiger partial charge in [0, 0.05) is 5.56 Å². The topological polar surface area (TPSA) is 36.9 Å². The fourth-order valence-electron chi connectivity index (χ4n) is 3.70. The van der Waals surface area contributed by atoms with Crippen molar-refractivity contribution in [2.24, 2.45) is 4.41 Å². The summed E-state index contributed by atoms with van der Waals surface area (Å²) in [6.45, 7) is 32.9. The molecule has 0 aliphatic carbocycles. The monoisotopic (exact) mass is 485 g/mol. The summed E-state index contributed by atoms with van der Waals surface area (Å²) in [5.74, 6) is 0.730. The Morgan fingerprint density at radius 2 is 1.31 bits per heavy atom. The molecule has 0 amide bonds. The third kappa shape index (κ3) is 8.44. The predicted molar refractivity (Wildman–Crippen MR) is 144 cm³/mol. The number of rotatable bonds is 9. The van der Waals surface area contributed by atoms with Gasteiger partial charge >= 0.3 is 0 Å². The summed E-state index contributed by atoms with van der Waals surface area (Å²) < 4.78 is 19.5. The highest BCUT2D eigenvalue weighted by molar-refractivity contribution is 7.65. The summed E-state index contributed by atoms with van der Waals surface area (Å²) in [6, 6.07) is 10.3. The van der Waals surface area contributed by atoms with Crippen LogP contribution in [-0.2, 0) is 4.52 Å². The predicted octanol–water partition coefficient (Wildman–Crippen LogP) is 7.85. The van der Waals surface area contributed by atoms with E-state index in [-0.39, 0.29) is 0 Å². The lowest BCUT2D eigenvalue weighted by molar-refractivity contribution is 0.530. The first-order chi connectivity index (χ1) is 12.8. The van der Waals surface area contributed by atoms with E-state index in [1.54, 1.807) is 0 Å². The Hall–Kier alpha value is -0.222. The minimum absolute atomic E-state index is 0.730. The number of nitrogens with one attached hydrogen (secondary N) is 1. The third-order valence-electron chi connectivity index (χ3n) is 3.79. The van der Waals surface area contributed by atoms with Crippen molar-refractivity contribution in [3.05, 3.63) is 42.5 Å². The van der Waals surface area contributed by atoms with Gasteiger partial charge in [0.2, 0.25) is 7.58 Å². The molecule has 0 fully saturated rings. The molecule has 166 valence electrons. The van der Waals surface area contributed by atoms with Crippen LogP contribution in [0.4, 0.5) is 0 Å². The van der Waals surface area contributed by atoms with Crippen LogP contribution in [0.3, 0.4) is 0 Å². The lowest BCUT2D eigenvalue weighted by Crippen LogP contribution is -2.60. The number of nitrogens with zero attached hydrogens (tertiary/aromatic N) is 2. The second-order valence-corrected chi connectivity index (χ2v) is 34.7. The van der Waals surface area contributed by atoms with Crippen LogP contribution in [0.1, 0.15) is 5.56 Å². The van der Waals surface area contributed by atoms with Gasteiger partial charge in [-0.05, 0) is 19.6 Å². The Balaban J connectivity index is 3.84. The molecular formula is C20H44N3OPSi4. The van der Waals surface area contributed by atoms with E-state index in [1.165, 1.54) is 0 Å². The van der Waals surface area contributed by atoms with E-state index >= 15 is 0 Å². The molecule has 4 nitrogen and oxygen atoms in total. The van der Waals surface area contributed by atoms with Crippen molar-refractivity contribution in [2.75, 3.05) is 0 Å². The van der Waals surface area contributed by atoms with E-state index in [4.69, 9.17) is 8.93 Å². The van der Waals surface area contributed by atoms with Crippen LogP contribution < -0.4 is 4.75 Å². The molecule has 0 bridgehead atoms. The first kappa shape index (κ1) is 26.8. The summed E-state index contributed by atoms with van der Waals surface area (Å²) in [4.78, 5) is 0. The van der Waals surface area contributed by atoms with E-state index in [1.807, 2.05) is 18.2 Å². The Kier molecular flexibility index (Phi) is 8.42. The summed E-state index contributed by atoms with van der Waals surface area (Å²) in [5, 5.41) is 0. The Labute approximate surface area is 184 Å². The van der Waals surface area contributed by atoms with Gasteiger partial charge in [-0.15, -0.1) is 0 Å². The fraction of sp³-hybridized carbons (Fsp3) is 0.600. The van der Waals surface area contributed by atoms with Crippen LogP contribution in [0.2, 0.25) is 78.6 Å². The minimum Gasteiger partial charge on any atom is -0.438 e. The standard InChI is InChI=1S/C20H44N3OPSi4/c1-19(20-17-15-14-16-18-20)24-25(21-26(2,3)4,22-27(5,6)7)23(28(8,9)10)29(11,12)13/h14-18,21H,1H2,2-13H3. The van der Waals surface area contributed by atoms with Gasteiger partial charge in [0.15, 0.2) is 8.24 Å². The molecule has 1 N–H and O–H groups in total. The Bertz CT molecular complexity index is 743. The highest BCUT2D eigenvalue weighted by Gasteiger charge is 2.48. The van der Waals surface area contributed by atoms with Gasteiger partial charge in [0.25, 0.3) is 0 Å². The Morgan fingerprint density at radius 3 is 1.66 bits per heavy atom. The molecule has 0 aromatic heterocycles. The van der Waals surface area contributed by atoms with Crippen molar-refractivity contribution in [3.8, 4) is 0 Å². The van der Waals surface area contributed by atoms with Crippen molar-refractivity contribution in [1.29, 1.82) is 0 Å². The molecule has 0 saturated carbocycles. The average molecular weight is 486 g/mol. The summed E-state index contributed by atoms with van der Waals surface area (Å²) in [6.07, 6.45) is 0. The van der Waals surface area contributed by atoms with Crippen molar-refractivity contribution in [1.82, 2.24) is 8.75 Å². The van der Waals surface area contributed by atoms with Crippen molar-refractivity contribution in [2.45, 2.75) is 78.6 Å². The second-order valence-electron chi connectivity index (χ2n) is 11.7. The van der Waals surface area contributed by atoms with Crippen LogP contribution in [0.15, 0.2) is 41.3 Å². The van der Waals surface area contributed by atoms with E-state index in [0.29, 0.717) is 0 Å². The molecule has 0 heterocycles. The lowest BCUT2D eigenvalue weighted by atomic mass is 10.2. The molecule has 1 atom stereocenters. The normalized spacial score (nSPS) is 15.8. The minimum atomic E-state index is -2.46. The quantitative estimate of drug-likeness (QED) is 0.220. The SMILES string of the molecule is C=C(OP(=N[Si](C)(C)C)(N[Si](C)(C)C)N([Si](C)(C)C)[Si](C)(C)C)c1ccccc1. The van der Waals surface area contributed by atoms with Crippen LogP contribution in [0.25, 0.3) is 5.76 Å². The van der Waals surface area contributed by atoms with Crippen LogP contribution >= 0.6 is 7.58 Å². The molecule has 1 aromatic rings. The van der Waals surface area contributed by atoms with Gasteiger partial charge in [-0.2, -0.15) is 0 Å². The highest BCUT2D eigenvalue weighted by Crippen LogP contribution is 2.60. The first-order valence-electron chi connectivity index (χ1n) is 10.4. The molecule has 0 aliphatic heterocycles. The molecule has 29 heavy (non-hydrogen) atoms. The smallest absolute Gasteiger partial charge is 0.247 e. The lowest BCUT2D eigenvalue weighted by Gasteiger charge is -2.52. The van der Waals surface area contributed by atoms with Gasteiger partial charge < -0.3 is 4.52 Å². The second kappa shape index (κ2) is 9.10. The fourth-order valence-corrected chi connectivity index (χ4v) is 29.2. The van der Waals surface area contributed by atoms with Gasteiger partial charge in [-0.3, -0.25) is 13.2 Å². The van der Waals surface area contributed by atoms with Gasteiger partial charge in [-0.25, -0.2) is 0 Å². The maximum atomic E-state index is 7.00.